The number of benzene rings is 2. The highest BCUT2D eigenvalue weighted by molar-refractivity contribution is 6.36. The van der Waals surface area contributed by atoms with Crippen molar-refractivity contribution in [2.24, 2.45) is 0 Å². The third-order valence-corrected chi connectivity index (χ3v) is 9.78. The fraction of sp³-hybridized carbons (Fsp3) is 0.364. The Morgan fingerprint density at radius 1 is 1.16 bits per heavy atom. The van der Waals surface area contributed by atoms with Gasteiger partial charge in [0.2, 0.25) is 5.88 Å². The van der Waals surface area contributed by atoms with Crippen LogP contribution in [0.1, 0.15) is 29.7 Å². The monoisotopic (exact) mass is 596 g/mol. The van der Waals surface area contributed by atoms with Crippen LogP contribution in [0.25, 0.3) is 10.8 Å². The molecule has 2 saturated heterocycles. The average molecular weight is 597 g/mol. The number of hydrogen-bond donors (Lipinski definition) is 2. The maximum absolute atomic E-state index is 13.9. The Bertz CT molecular complexity index is 1750. The second-order valence-electron chi connectivity index (χ2n) is 12.0. The predicted molar refractivity (Wildman–Crippen MR) is 168 cm³/mol. The topological polar surface area (TPSA) is 94.1 Å². The van der Waals surface area contributed by atoms with Crippen LogP contribution >= 0.6 is 11.6 Å². The molecular weight excluding hydrogens is 564 g/mol. The van der Waals surface area contributed by atoms with Gasteiger partial charge in [-0.2, -0.15) is 0 Å². The Kier molecular flexibility index (Phi) is 6.34. The summed E-state index contributed by atoms with van der Waals surface area (Å²) in [5.41, 5.74) is 5.92. The predicted octanol–water partition coefficient (Wildman–Crippen LogP) is 4.46. The van der Waals surface area contributed by atoms with Crippen LogP contribution in [0, 0.1) is 0 Å². The van der Waals surface area contributed by atoms with Crippen molar-refractivity contribution in [1.29, 1.82) is 0 Å². The van der Waals surface area contributed by atoms with E-state index in [9.17, 15) is 9.90 Å². The fourth-order valence-electron chi connectivity index (χ4n) is 7.50. The normalized spacial score (nSPS) is 22.4. The Hall–Kier alpha value is -4.08. The molecule has 43 heavy (non-hydrogen) atoms. The third kappa shape index (κ3) is 4.36. The number of carbonyl (C=O) groups excluding carboxylic acids is 1. The van der Waals surface area contributed by atoms with Crippen molar-refractivity contribution in [3.63, 3.8) is 0 Å². The molecule has 2 fully saturated rings. The second-order valence-corrected chi connectivity index (χ2v) is 12.4. The fourth-order valence-corrected chi connectivity index (χ4v) is 7.78. The third-order valence-electron chi connectivity index (χ3n) is 9.47. The summed E-state index contributed by atoms with van der Waals surface area (Å²) in [6, 6.07) is 13.5. The van der Waals surface area contributed by atoms with E-state index in [4.69, 9.17) is 21.3 Å². The van der Waals surface area contributed by atoms with Gasteiger partial charge in [-0.05, 0) is 48.4 Å². The zero-order chi connectivity index (χ0) is 29.2. The zero-order valence-electron chi connectivity index (χ0n) is 24.0. The number of ether oxygens (including phenoxy) is 1. The molecule has 4 aromatic rings. The standard InChI is InChI=1S/C33H33ClN6O3/c1-38-31-29(40-17-21-7-8-25(36-21)30(40)33(38)42)23-9-12-39(27-15-22(41)14-20-5-2-6-24(34)28(20)27)18-26(23)37-32(31)43-13-10-19-4-3-11-35-16-19/h2-6,11,14-16,21,25,30,36,41H,7-10,12-13,17-18H2,1H3. The highest BCUT2D eigenvalue weighted by Gasteiger charge is 2.50. The molecule has 3 unspecified atom stereocenters. The molecule has 3 atom stereocenters. The number of carbonyl (C=O) groups is 1. The van der Waals surface area contributed by atoms with E-state index in [1.165, 1.54) is 5.56 Å². The van der Waals surface area contributed by atoms with Crippen molar-refractivity contribution in [2.45, 2.75) is 50.4 Å². The number of likely N-dealkylation sites (N-methyl/N-ethyl adjacent to an activating group) is 1. The highest BCUT2D eigenvalue weighted by Crippen LogP contribution is 2.49. The number of aromatic hydroxyl groups is 1. The first-order valence-electron chi connectivity index (χ1n) is 15.0. The molecule has 4 aliphatic heterocycles. The first-order valence-corrected chi connectivity index (χ1v) is 15.4. The van der Waals surface area contributed by atoms with Gasteiger partial charge in [-0.25, -0.2) is 4.98 Å². The molecule has 0 saturated carbocycles. The number of rotatable bonds is 5. The molecule has 10 heteroatoms. The summed E-state index contributed by atoms with van der Waals surface area (Å²) in [6.07, 6.45) is 7.11. The lowest BCUT2D eigenvalue weighted by Crippen LogP contribution is -2.66. The van der Waals surface area contributed by atoms with E-state index in [1.54, 1.807) is 23.2 Å². The Morgan fingerprint density at radius 3 is 2.93 bits per heavy atom. The quantitative estimate of drug-likeness (QED) is 0.349. The smallest absolute Gasteiger partial charge is 0.251 e. The van der Waals surface area contributed by atoms with E-state index in [-0.39, 0.29) is 23.7 Å². The maximum Gasteiger partial charge on any atom is 0.251 e. The van der Waals surface area contributed by atoms with Gasteiger partial charge in [0.1, 0.15) is 17.5 Å². The van der Waals surface area contributed by atoms with E-state index in [1.807, 2.05) is 43.6 Å². The van der Waals surface area contributed by atoms with Crippen LogP contribution in [0.4, 0.5) is 17.1 Å². The van der Waals surface area contributed by atoms with Crippen LogP contribution in [-0.4, -0.2) is 65.9 Å². The second kappa shape index (κ2) is 10.3. The van der Waals surface area contributed by atoms with Crippen LogP contribution in [-0.2, 0) is 24.2 Å². The molecular formula is C33H33ClN6O3. The minimum absolute atomic E-state index is 0.0857. The molecule has 2 N–H and O–H groups in total. The summed E-state index contributed by atoms with van der Waals surface area (Å²) in [7, 11) is 1.86. The number of hydrogen-bond acceptors (Lipinski definition) is 8. The lowest BCUT2D eigenvalue weighted by Gasteiger charge is -2.49. The lowest BCUT2D eigenvalue weighted by atomic mass is 9.93. The largest absolute Gasteiger partial charge is 0.508 e. The number of nitrogens with zero attached hydrogens (tertiary/aromatic N) is 5. The van der Waals surface area contributed by atoms with Gasteiger partial charge in [-0.1, -0.05) is 29.8 Å². The minimum Gasteiger partial charge on any atom is -0.508 e. The first-order chi connectivity index (χ1) is 21.0. The average Bonchev–Trinajstić information content (AvgIpc) is 3.39. The SMILES string of the molecule is CN1C(=O)C2C3CCC(CN2c2c4c(nc(OCCc5cccnc5)c21)CN(c1cc(O)cc2cccc(Cl)c12)CC4)N3. The van der Waals surface area contributed by atoms with Gasteiger partial charge in [0, 0.05) is 68.1 Å². The molecule has 2 aromatic carbocycles. The molecule has 8 rings (SSSR count). The van der Waals surface area contributed by atoms with Crippen molar-refractivity contribution in [2.75, 3.05) is 41.4 Å². The molecule has 2 aromatic heterocycles. The Morgan fingerprint density at radius 2 is 2.07 bits per heavy atom. The zero-order valence-corrected chi connectivity index (χ0v) is 24.7. The van der Waals surface area contributed by atoms with E-state index in [2.05, 4.69) is 20.1 Å². The van der Waals surface area contributed by atoms with Gasteiger partial charge in [0.25, 0.3) is 5.91 Å². The minimum atomic E-state index is -0.238. The Balaban J connectivity index is 1.23. The molecule has 9 nitrogen and oxygen atoms in total. The van der Waals surface area contributed by atoms with Crippen molar-refractivity contribution >= 4 is 45.3 Å². The molecule has 1 amide bonds. The van der Waals surface area contributed by atoms with Crippen molar-refractivity contribution in [3.8, 4) is 11.6 Å². The highest BCUT2D eigenvalue weighted by atomic mass is 35.5. The molecule has 2 bridgehead atoms. The van der Waals surface area contributed by atoms with Gasteiger partial charge >= 0.3 is 0 Å². The van der Waals surface area contributed by atoms with E-state index in [0.717, 1.165) is 71.4 Å². The number of anilines is 3. The van der Waals surface area contributed by atoms with E-state index < -0.39 is 0 Å². The summed E-state index contributed by atoms with van der Waals surface area (Å²) >= 11 is 6.70. The van der Waals surface area contributed by atoms with Crippen molar-refractivity contribution < 1.29 is 14.6 Å². The molecule has 0 radical (unpaired) electrons. The number of pyridine rings is 2. The molecule has 6 heterocycles. The Labute approximate surface area is 255 Å². The number of phenolic OH excluding ortho intramolecular Hbond substituents is 1. The van der Waals surface area contributed by atoms with Crippen molar-refractivity contribution in [1.82, 2.24) is 15.3 Å². The van der Waals surface area contributed by atoms with Crippen LogP contribution < -0.4 is 24.8 Å². The van der Waals surface area contributed by atoms with Crippen LogP contribution in [0.5, 0.6) is 11.6 Å². The number of piperazine rings is 1. The van der Waals surface area contributed by atoms with Crippen LogP contribution in [0.15, 0.2) is 54.9 Å². The number of halogens is 1. The molecule has 220 valence electrons. The van der Waals surface area contributed by atoms with Crippen LogP contribution in [0.3, 0.4) is 0 Å². The van der Waals surface area contributed by atoms with Gasteiger partial charge in [-0.15, -0.1) is 0 Å². The van der Waals surface area contributed by atoms with Gasteiger partial charge in [0.05, 0.1) is 35.2 Å². The summed E-state index contributed by atoms with van der Waals surface area (Å²) in [5, 5.41) is 16.7. The van der Waals surface area contributed by atoms with Gasteiger partial charge in [-0.3, -0.25) is 9.78 Å². The molecule has 0 aliphatic carbocycles. The number of aromatic nitrogens is 2. The number of amides is 1. The first kappa shape index (κ1) is 26.5. The summed E-state index contributed by atoms with van der Waals surface area (Å²) in [4.78, 5) is 29.6. The van der Waals surface area contributed by atoms with Crippen LogP contribution in [0.2, 0.25) is 5.02 Å². The van der Waals surface area contributed by atoms with Crippen molar-refractivity contribution in [3.05, 3.63) is 76.7 Å². The van der Waals surface area contributed by atoms with Gasteiger partial charge in [0.15, 0.2) is 0 Å². The number of nitrogens with one attached hydrogen (secondary N) is 1. The van der Waals surface area contributed by atoms with E-state index >= 15 is 0 Å². The van der Waals surface area contributed by atoms with E-state index in [0.29, 0.717) is 36.5 Å². The molecule has 4 aliphatic rings. The van der Waals surface area contributed by atoms with Gasteiger partial charge < -0.3 is 29.9 Å². The summed E-state index contributed by atoms with van der Waals surface area (Å²) in [5.74, 6) is 0.772. The molecule has 0 spiro atoms. The summed E-state index contributed by atoms with van der Waals surface area (Å²) < 4.78 is 6.44. The number of fused-ring (bicyclic) bond motifs is 9. The lowest BCUT2D eigenvalue weighted by molar-refractivity contribution is -0.120. The maximum atomic E-state index is 13.9. The summed E-state index contributed by atoms with van der Waals surface area (Å²) in [6.45, 7) is 2.47. The number of phenols is 1.